The summed E-state index contributed by atoms with van der Waals surface area (Å²) < 4.78 is 12.3. The van der Waals surface area contributed by atoms with Crippen LogP contribution in [0.2, 0.25) is 0 Å². The average molecular weight is 339 g/mol. The van der Waals surface area contributed by atoms with E-state index in [-0.39, 0.29) is 17.8 Å². The number of aromatic hydroxyl groups is 1. The lowest BCUT2D eigenvalue weighted by molar-refractivity contribution is -0.000873. The third-order valence-corrected chi connectivity index (χ3v) is 5.22. The van der Waals surface area contributed by atoms with Gasteiger partial charge in [-0.15, -0.1) is 0 Å². The first-order chi connectivity index (χ1) is 12.3. The fourth-order valence-electron chi connectivity index (χ4n) is 3.86. The molecule has 4 rings (SSSR count). The van der Waals surface area contributed by atoms with Gasteiger partial charge in [-0.1, -0.05) is 30.3 Å². The van der Waals surface area contributed by atoms with E-state index < -0.39 is 0 Å². The molecular formula is C21H25NO3. The van der Waals surface area contributed by atoms with Crippen molar-refractivity contribution in [3.05, 3.63) is 59.7 Å². The topological polar surface area (TPSA) is 41.9 Å². The Kier molecular flexibility index (Phi) is 4.90. The number of rotatable bonds is 5. The van der Waals surface area contributed by atoms with Crippen LogP contribution >= 0.6 is 0 Å². The summed E-state index contributed by atoms with van der Waals surface area (Å²) in [5, 5.41) is 9.75. The average Bonchev–Trinajstić information content (AvgIpc) is 3.16. The van der Waals surface area contributed by atoms with Crippen molar-refractivity contribution in [1.29, 1.82) is 0 Å². The van der Waals surface area contributed by atoms with Gasteiger partial charge in [-0.3, -0.25) is 0 Å². The first-order valence-corrected chi connectivity index (χ1v) is 9.16. The van der Waals surface area contributed by atoms with Crippen LogP contribution in [0.15, 0.2) is 48.5 Å². The van der Waals surface area contributed by atoms with Gasteiger partial charge in [-0.25, -0.2) is 0 Å². The van der Waals surface area contributed by atoms with Crippen molar-refractivity contribution in [2.45, 2.75) is 24.9 Å². The number of hydrogen-bond acceptors (Lipinski definition) is 4. The standard InChI is InChI=1S/C21H25NO3/c23-17-8-9-18-20(14-17)25-15-19(16-6-2-1-3-7-16)21(18)24-13-12-22-10-4-5-11-22/h1-3,6-9,14,19,21,23H,4-5,10-13,15H2/t19-,21-/m1/s1. The van der Waals surface area contributed by atoms with Crippen molar-refractivity contribution in [3.63, 3.8) is 0 Å². The minimum absolute atomic E-state index is 0.0469. The Morgan fingerprint density at radius 2 is 1.88 bits per heavy atom. The third kappa shape index (κ3) is 3.65. The van der Waals surface area contributed by atoms with Crippen molar-refractivity contribution >= 4 is 0 Å². The van der Waals surface area contributed by atoms with E-state index in [9.17, 15) is 5.11 Å². The highest BCUT2D eigenvalue weighted by molar-refractivity contribution is 5.44. The SMILES string of the molecule is Oc1ccc2c(c1)OC[C@H](c1ccccc1)[C@@H]2OCCN1CCCC1. The quantitative estimate of drug-likeness (QED) is 0.901. The monoisotopic (exact) mass is 339 g/mol. The molecule has 2 aliphatic heterocycles. The highest BCUT2D eigenvalue weighted by atomic mass is 16.5. The lowest BCUT2D eigenvalue weighted by Crippen LogP contribution is -2.29. The number of benzene rings is 2. The molecule has 0 bridgehead atoms. The summed E-state index contributed by atoms with van der Waals surface area (Å²) in [5.41, 5.74) is 2.26. The maximum atomic E-state index is 9.75. The smallest absolute Gasteiger partial charge is 0.128 e. The largest absolute Gasteiger partial charge is 0.508 e. The number of ether oxygens (including phenoxy) is 2. The van der Waals surface area contributed by atoms with Crippen LogP contribution in [0.4, 0.5) is 0 Å². The lowest BCUT2D eigenvalue weighted by Gasteiger charge is -2.34. The molecule has 0 unspecified atom stereocenters. The molecule has 2 heterocycles. The molecule has 2 atom stereocenters. The molecule has 2 aromatic carbocycles. The molecule has 25 heavy (non-hydrogen) atoms. The van der Waals surface area contributed by atoms with Crippen LogP contribution in [0.25, 0.3) is 0 Å². The van der Waals surface area contributed by atoms with Crippen molar-refractivity contribution in [2.24, 2.45) is 0 Å². The van der Waals surface area contributed by atoms with Gasteiger partial charge in [0.05, 0.1) is 19.3 Å². The van der Waals surface area contributed by atoms with Crippen LogP contribution in [0, 0.1) is 0 Å². The lowest BCUT2D eigenvalue weighted by atomic mass is 9.87. The van der Waals surface area contributed by atoms with Crippen LogP contribution in [0.5, 0.6) is 11.5 Å². The van der Waals surface area contributed by atoms with Gasteiger partial charge in [0.1, 0.15) is 11.5 Å². The Morgan fingerprint density at radius 1 is 1.08 bits per heavy atom. The number of nitrogens with zero attached hydrogens (tertiary/aromatic N) is 1. The summed E-state index contributed by atoms with van der Waals surface area (Å²) in [6, 6.07) is 15.8. The molecule has 0 amide bonds. The van der Waals surface area contributed by atoms with Crippen molar-refractivity contribution < 1.29 is 14.6 Å². The third-order valence-electron chi connectivity index (χ3n) is 5.22. The molecule has 1 saturated heterocycles. The fraction of sp³-hybridized carbons (Fsp3) is 0.429. The minimum atomic E-state index is -0.0469. The Labute approximate surface area is 149 Å². The molecule has 4 nitrogen and oxygen atoms in total. The molecule has 4 heteroatoms. The first-order valence-electron chi connectivity index (χ1n) is 9.16. The fourth-order valence-corrected chi connectivity index (χ4v) is 3.86. The van der Waals surface area contributed by atoms with E-state index in [0.717, 1.165) is 17.9 Å². The maximum Gasteiger partial charge on any atom is 0.128 e. The Morgan fingerprint density at radius 3 is 2.68 bits per heavy atom. The van der Waals surface area contributed by atoms with Gasteiger partial charge in [0.15, 0.2) is 0 Å². The van der Waals surface area contributed by atoms with Gasteiger partial charge in [0, 0.05) is 24.1 Å². The number of fused-ring (bicyclic) bond motifs is 1. The van der Waals surface area contributed by atoms with Crippen LogP contribution in [0.1, 0.15) is 36.0 Å². The first kappa shape index (κ1) is 16.4. The summed E-state index contributed by atoms with van der Waals surface area (Å²) in [7, 11) is 0. The molecule has 132 valence electrons. The van der Waals surface area contributed by atoms with E-state index in [2.05, 4.69) is 29.2 Å². The van der Waals surface area contributed by atoms with Crippen LogP contribution in [0.3, 0.4) is 0 Å². The van der Waals surface area contributed by atoms with Crippen molar-refractivity contribution in [2.75, 3.05) is 32.8 Å². The Bertz CT molecular complexity index is 698. The molecule has 0 aromatic heterocycles. The zero-order chi connectivity index (χ0) is 17.1. The summed E-state index contributed by atoms with van der Waals surface area (Å²) in [6.45, 7) is 4.63. The summed E-state index contributed by atoms with van der Waals surface area (Å²) in [5.74, 6) is 1.13. The number of likely N-dealkylation sites (tertiary alicyclic amines) is 1. The summed E-state index contributed by atoms with van der Waals surface area (Å²) >= 11 is 0. The zero-order valence-corrected chi connectivity index (χ0v) is 14.4. The van der Waals surface area contributed by atoms with E-state index in [0.29, 0.717) is 13.2 Å². The second-order valence-corrected chi connectivity index (χ2v) is 6.89. The molecule has 0 spiro atoms. The summed E-state index contributed by atoms with van der Waals surface area (Å²) in [4.78, 5) is 2.47. The second-order valence-electron chi connectivity index (χ2n) is 6.89. The molecule has 1 N–H and O–H groups in total. The van der Waals surface area contributed by atoms with Crippen LogP contribution < -0.4 is 4.74 Å². The van der Waals surface area contributed by atoms with Gasteiger partial charge in [-0.05, 0) is 43.6 Å². The number of hydrogen-bond donors (Lipinski definition) is 1. The Hall–Kier alpha value is -2.04. The van der Waals surface area contributed by atoms with Crippen LogP contribution in [-0.4, -0.2) is 42.9 Å². The molecular weight excluding hydrogens is 314 g/mol. The van der Waals surface area contributed by atoms with Gasteiger partial charge >= 0.3 is 0 Å². The van der Waals surface area contributed by atoms with Gasteiger partial charge in [-0.2, -0.15) is 0 Å². The molecule has 2 aliphatic rings. The highest BCUT2D eigenvalue weighted by Crippen LogP contribution is 2.43. The second kappa shape index (κ2) is 7.46. The predicted molar refractivity (Wildman–Crippen MR) is 97.2 cm³/mol. The zero-order valence-electron chi connectivity index (χ0n) is 14.4. The van der Waals surface area contributed by atoms with Crippen molar-refractivity contribution in [1.82, 2.24) is 4.90 Å². The van der Waals surface area contributed by atoms with Gasteiger partial charge in [0.25, 0.3) is 0 Å². The maximum absolute atomic E-state index is 9.75. The van der Waals surface area contributed by atoms with Crippen molar-refractivity contribution in [3.8, 4) is 11.5 Å². The van der Waals surface area contributed by atoms with E-state index in [1.54, 1.807) is 12.1 Å². The highest BCUT2D eigenvalue weighted by Gasteiger charge is 2.33. The summed E-state index contributed by atoms with van der Waals surface area (Å²) in [6.07, 6.45) is 2.55. The predicted octanol–water partition coefficient (Wildman–Crippen LogP) is 3.72. The Balaban J connectivity index is 1.55. The van der Waals surface area contributed by atoms with E-state index >= 15 is 0 Å². The number of phenolic OH excluding ortho intramolecular Hbond substituents is 1. The van der Waals surface area contributed by atoms with E-state index in [1.165, 1.54) is 31.5 Å². The molecule has 0 saturated carbocycles. The van der Waals surface area contributed by atoms with Gasteiger partial charge in [0.2, 0.25) is 0 Å². The van der Waals surface area contributed by atoms with Gasteiger partial charge < -0.3 is 19.5 Å². The molecule has 0 radical (unpaired) electrons. The normalized spacial score (nSPS) is 23.2. The molecule has 0 aliphatic carbocycles. The van der Waals surface area contributed by atoms with E-state index in [4.69, 9.17) is 9.47 Å². The minimum Gasteiger partial charge on any atom is -0.508 e. The van der Waals surface area contributed by atoms with Crippen LogP contribution in [-0.2, 0) is 4.74 Å². The molecule has 1 fully saturated rings. The van der Waals surface area contributed by atoms with E-state index in [1.807, 2.05) is 12.1 Å². The number of phenols is 1. The molecule has 2 aromatic rings.